The third-order valence-electron chi connectivity index (χ3n) is 4.73. The Bertz CT molecular complexity index is 764. The number of nitrogens with two attached hydrogens (primary N) is 4. The highest BCUT2D eigenvalue weighted by atomic mass is 16.5. The fourth-order valence-electron chi connectivity index (χ4n) is 2.93. The minimum absolute atomic E-state index is 0.103. The molecule has 0 aromatic heterocycles. The van der Waals surface area contributed by atoms with Gasteiger partial charge in [0.05, 0.1) is 25.7 Å². The lowest BCUT2D eigenvalue weighted by Gasteiger charge is -2.37. The molecule has 32 heavy (non-hydrogen) atoms. The summed E-state index contributed by atoms with van der Waals surface area (Å²) in [4.78, 5) is 39.1. The van der Waals surface area contributed by atoms with Crippen LogP contribution in [0.3, 0.4) is 0 Å². The molecule has 0 aromatic carbocycles. The van der Waals surface area contributed by atoms with E-state index < -0.39 is 35.8 Å². The number of ether oxygens (including phenoxy) is 2. The molecule has 3 amide bonds. The number of rotatable bonds is 17. The highest BCUT2D eigenvalue weighted by Gasteiger charge is 2.43. The van der Waals surface area contributed by atoms with Crippen molar-refractivity contribution in [2.45, 2.75) is 70.5 Å². The van der Waals surface area contributed by atoms with Gasteiger partial charge in [-0.1, -0.05) is 33.3 Å². The van der Waals surface area contributed by atoms with E-state index in [4.69, 9.17) is 32.4 Å². The lowest BCUT2D eigenvalue weighted by atomic mass is 9.92. The number of hydrogen-bond acceptors (Lipinski definition) is 8. The highest BCUT2D eigenvalue weighted by Crippen LogP contribution is 2.31. The van der Waals surface area contributed by atoms with E-state index in [2.05, 4.69) is 16.9 Å². The van der Waals surface area contributed by atoms with Crippen molar-refractivity contribution in [2.24, 2.45) is 27.9 Å². The Balaban J connectivity index is 3.37. The third-order valence-corrected chi connectivity index (χ3v) is 4.73. The number of carbonyl (C=O) groups is 3. The lowest BCUT2D eigenvalue weighted by Crippen LogP contribution is -2.55. The summed E-state index contributed by atoms with van der Waals surface area (Å²) in [6.07, 6.45) is 2.98. The molecule has 0 spiro atoms. The van der Waals surface area contributed by atoms with Crippen LogP contribution in [0.25, 0.3) is 0 Å². The van der Waals surface area contributed by atoms with E-state index in [1.54, 1.807) is 0 Å². The maximum absolute atomic E-state index is 11.9. The molecular formula is C21H36N6O5. The number of aliphatic imine (C=N–C) groups is 1. The summed E-state index contributed by atoms with van der Waals surface area (Å²) >= 11 is 0. The average molecular weight is 453 g/mol. The van der Waals surface area contributed by atoms with Gasteiger partial charge in [-0.05, 0) is 12.8 Å². The van der Waals surface area contributed by atoms with E-state index in [0.29, 0.717) is 30.4 Å². The van der Waals surface area contributed by atoms with Crippen molar-refractivity contribution in [3.63, 3.8) is 0 Å². The van der Waals surface area contributed by atoms with Gasteiger partial charge in [0.1, 0.15) is 17.8 Å². The molecule has 0 aliphatic heterocycles. The van der Waals surface area contributed by atoms with Crippen molar-refractivity contribution in [1.29, 1.82) is 0 Å². The molecule has 180 valence electrons. The van der Waals surface area contributed by atoms with Gasteiger partial charge >= 0.3 is 0 Å². The van der Waals surface area contributed by atoms with E-state index >= 15 is 0 Å². The first kappa shape index (κ1) is 27.0. The van der Waals surface area contributed by atoms with Crippen LogP contribution in [0.15, 0.2) is 28.8 Å². The second-order valence-corrected chi connectivity index (χ2v) is 7.60. The van der Waals surface area contributed by atoms with Crippen LogP contribution < -0.4 is 28.3 Å². The summed E-state index contributed by atoms with van der Waals surface area (Å²) in [6.45, 7) is 8.59. The van der Waals surface area contributed by atoms with E-state index in [0.717, 1.165) is 25.7 Å². The maximum atomic E-state index is 11.9. The second kappa shape index (κ2) is 13.4. The molecule has 0 radical (unpaired) electrons. The van der Waals surface area contributed by atoms with Crippen molar-refractivity contribution < 1.29 is 23.9 Å². The highest BCUT2D eigenvalue weighted by molar-refractivity contribution is 6.12. The van der Waals surface area contributed by atoms with Gasteiger partial charge in [0.25, 0.3) is 0 Å². The molecule has 3 atom stereocenters. The van der Waals surface area contributed by atoms with Gasteiger partial charge < -0.3 is 32.4 Å². The summed E-state index contributed by atoms with van der Waals surface area (Å²) in [6, 6.07) is -2.51. The predicted octanol–water partition coefficient (Wildman–Crippen LogP) is -0.310. The van der Waals surface area contributed by atoms with E-state index in [-0.39, 0.29) is 18.5 Å². The maximum Gasteiger partial charge on any atom is 0.242 e. The average Bonchev–Trinajstić information content (AvgIpc) is 2.70. The van der Waals surface area contributed by atoms with Gasteiger partial charge in [-0.15, -0.1) is 0 Å². The first-order valence-corrected chi connectivity index (χ1v) is 10.8. The number of primary amides is 3. The Kier molecular flexibility index (Phi) is 11.3. The van der Waals surface area contributed by atoms with Crippen LogP contribution >= 0.6 is 0 Å². The van der Waals surface area contributed by atoms with Crippen LogP contribution in [0.1, 0.15) is 52.4 Å². The molecular weight excluding hydrogens is 416 g/mol. The zero-order valence-electron chi connectivity index (χ0n) is 18.9. The van der Waals surface area contributed by atoms with E-state index in [1.807, 2.05) is 13.8 Å². The summed E-state index contributed by atoms with van der Waals surface area (Å²) < 4.78 is 11.8. The molecule has 0 aromatic rings. The topological polar surface area (TPSA) is 198 Å². The smallest absolute Gasteiger partial charge is 0.242 e. The summed E-state index contributed by atoms with van der Waals surface area (Å²) in [5, 5.41) is 3.14. The van der Waals surface area contributed by atoms with Gasteiger partial charge in [0.15, 0.2) is 11.5 Å². The Labute approximate surface area is 188 Å². The van der Waals surface area contributed by atoms with Crippen LogP contribution in [-0.4, -0.2) is 54.8 Å². The molecule has 9 N–H and O–H groups in total. The molecule has 11 nitrogen and oxygen atoms in total. The van der Waals surface area contributed by atoms with Crippen LogP contribution in [0.4, 0.5) is 0 Å². The Morgan fingerprint density at radius 3 is 2.03 bits per heavy atom. The predicted molar refractivity (Wildman–Crippen MR) is 121 cm³/mol. The van der Waals surface area contributed by atoms with Gasteiger partial charge in [0, 0.05) is 12.1 Å². The van der Waals surface area contributed by atoms with Crippen LogP contribution in [0.2, 0.25) is 0 Å². The van der Waals surface area contributed by atoms with Crippen molar-refractivity contribution in [1.82, 2.24) is 5.32 Å². The minimum atomic E-state index is -1.18. The van der Waals surface area contributed by atoms with Crippen molar-refractivity contribution >= 4 is 23.4 Å². The second-order valence-electron chi connectivity index (χ2n) is 7.60. The van der Waals surface area contributed by atoms with E-state index in [9.17, 15) is 14.4 Å². The fourth-order valence-corrected chi connectivity index (χ4v) is 2.93. The third kappa shape index (κ3) is 8.22. The number of amides is 3. The molecule has 1 aliphatic carbocycles. The first-order chi connectivity index (χ1) is 15.1. The van der Waals surface area contributed by atoms with Crippen LogP contribution in [-0.2, 0) is 23.9 Å². The molecule has 0 fully saturated rings. The summed E-state index contributed by atoms with van der Waals surface area (Å²) in [5.41, 5.74) is 22.4. The van der Waals surface area contributed by atoms with Crippen molar-refractivity contribution in [2.75, 3.05) is 13.2 Å². The minimum Gasteiger partial charge on any atom is -0.492 e. The van der Waals surface area contributed by atoms with Gasteiger partial charge in [-0.25, -0.2) is 0 Å². The Morgan fingerprint density at radius 1 is 1.00 bits per heavy atom. The molecule has 0 saturated carbocycles. The molecule has 0 heterocycles. The van der Waals surface area contributed by atoms with Gasteiger partial charge in [0.2, 0.25) is 17.7 Å². The summed E-state index contributed by atoms with van der Waals surface area (Å²) in [7, 11) is 0. The van der Waals surface area contributed by atoms with Gasteiger partial charge in [-0.3, -0.25) is 24.7 Å². The molecule has 1 aliphatic rings. The van der Waals surface area contributed by atoms with E-state index in [1.165, 1.54) is 0 Å². The normalized spacial score (nSPS) is 18.6. The number of carbonyl (C=O) groups excluding carboxylic acids is 3. The molecule has 0 saturated heterocycles. The van der Waals surface area contributed by atoms with Crippen LogP contribution in [0, 0.1) is 0 Å². The largest absolute Gasteiger partial charge is 0.492 e. The molecule has 3 unspecified atom stereocenters. The molecule has 0 bridgehead atoms. The Morgan fingerprint density at radius 2 is 1.56 bits per heavy atom. The fraction of sp³-hybridized carbons (Fsp3) is 0.619. The quantitative estimate of drug-likeness (QED) is 0.186. The SMILES string of the molecule is C=C(N)C(CC(N)=O)NC1C(=NC(CC(N)=O)C(N)=O)C(OCCCC)=C1OCCCC. The number of unbranched alkanes of at least 4 members (excludes halogenated alkanes) is 2. The van der Waals surface area contributed by atoms with Gasteiger partial charge in [-0.2, -0.15) is 0 Å². The number of nitrogens with zero attached hydrogens (tertiary/aromatic N) is 1. The standard InChI is InChI=1S/C21H36N6O5/c1-4-6-8-31-19-17(26-13(12(3)22)10-15(23)28)18(20(19)32-9-7-5-2)27-14(21(25)30)11-16(24)29/h13-14,17,26H,3-11,22H2,1-2H3,(H2,23,28)(H2,24,29)(H2,25,30). The first-order valence-electron chi connectivity index (χ1n) is 10.8. The molecule has 11 heteroatoms. The van der Waals surface area contributed by atoms with Crippen molar-refractivity contribution in [3.05, 3.63) is 23.8 Å². The zero-order valence-corrected chi connectivity index (χ0v) is 18.9. The number of hydrogen-bond donors (Lipinski definition) is 5. The zero-order chi connectivity index (χ0) is 24.3. The summed E-state index contributed by atoms with van der Waals surface area (Å²) in [5.74, 6) is -1.27. The van der Waals surface area contributed by atoms with Crippen LogP contribution in [0.5, 0.6) is 0 Å². The lowest BCUT2D eigenvalue weighted by molar-refractivity contribution is -0.124. The van der Waals surface area contributed by atoms with Crippen molar-refractivity contribution in [3.8, 4) is 0 Å². The monoisotopic (exact) mass is 452 g/mol. The Hall–Kier alpha value is -3.08. The molecule has 1 rings (SSSR count). The number of nitrogens with one attached hydrogen (secondary N) is 1.